The highest BCUT2D eigenvalue weighted by Gasteiger charge is 2.71. The van der Waals surface area contributed by atoms with Crippen molar-refractivity contribution < 1.29 is 9.59 Å². The van der Waals surface area contributed by atoms with Gasteiger partial charge in [-0.25, -0.2) is 4.79 Å². The first-order valence-corrected chi connectivity index (χ1v) is 10.1. The van der Waals surface area contributed by atoms with Crippen LogP contribution in [-0.2, 0) is 11.2 Å². The van der Waals surface area contributed by atoms with Crippen LogP contribution in [0, 0.1) is 0 Å². The third-order valence-electron chi connectivity index (χ3n) is 5.71. The molecule has 4 aliphatic rings. The second-order valence-corrected chi connectivity index (χ2v) is 8.78. The molecule has 0 atom stereocenters. The SMILES string of the molecule is CCCCc1nnc(NC(=O)NC23CC(N4CCCCC4=O)(C2)C3)s1. The summed E-state index contributed by atoms with van der Waals surface area (Å²) in [7, 11) is 0. The van der Waals surface area contributed by atoms with Crippen molar-refractivity contribution in [2.75, 3.05) is 11.9 Å². The third-order valence-corrected chi connectivity index (χ3v) is 6.61. The molecule has 2 heterocycles. The van der Waals surface area contributed by atoms with Gasteiger partial charge in [-0.1, -0.05) is 24.7 Å². The molecule has 3 aliphatic carbocycles. The van der Waals surface area contributed by atoms with Crippen molar-refractivity contribution in [2.45, 2.75) is 75.8 Å². The lowest BCUT2D eigenvalue weighted by Crippen LogP contribution is -2.84. The van der Waals surface area contributed by atoms with E-state index in [4.69, 9.17) is 0 Å². The van der Waals surface area contributed by atoms with Gasteiger partial charge in [0.15, 0.2) is 0 Å². The first kappa shape index (κ1) is 16.8. The Morgan fingerprint density at radius 2 is 2.08 bits per heavy atom. The highest BCUT2D eigenvalue weighted by molar-refractivity contribution is 7.15. The Labute approximate surface area is 151 Å². The third kappa shape index (κ3) is 3.01. The van der Waals surface area contributed by atoms with E-state index in [0.29, 0.717) is 11.6 Å². The first-order valence-electron chi connectivity index (χ1n) is 9.26. The number of urea groups is 1. The molecule has 0 spiro atoms. The Kier molecular flexibility index (Phi) is 4.17. The van der Waals surface area contributed by atoms with E-state index in [0.717, 1.165) is 62.9 Å². The van der Waals surface area contributed by atoms with Gasteiger partial charge in [-0.05, 0) is 38.5 Å². The summed E-state index contributed by atoms with van der Waals surface area (Å²) in [6.07, 6.45) is 8.57. The summed E-state index contributed by atoms with van der Waals surface area (Å²) in [5.74, 6) is 0.289. The van der Waals surface area contributed by atoms with Gasteiger partial charge in [0.25, 0.3) is 0 Å². The fourth-order valence-corrected chi connectivity index (χ4v) is 5.34. The van der Waals surface area contributed by atoms with Crippen molar-refractivity contribution in [3.63, 3.8) is 0 Å². The lowest BCUT2D eigenvalue weighted by Gasteiger charge is -2.73. The number of hydrogen-bond acceptors (Lipinski definition) is 5. The van der Waals surface area contributed by atoms with Crippen LogP contribution in [0.4, 0.5) is 9.93 Å². The summed E-state index contributed by atoms with van der Waals surface area (Å²) < 4.78 is 0. The molecule has 4 fully saturated rings. The maximum absolute atomic E-state index is 12.2. The zero-order valence-electron chi connectivity index (χ0n) is 14.6. The predicted molar refractivity (Wildman–Crippen MR) is 95.6 cm³/mol. The number of amides is 3. The molecule has 5 rings (SSSR count). The van der Waals surface area contributed by atoms with Gasteiger partial charge in [0.05, 0.1) is 0 Å². The maximum Gasteiger partial charge on any atom is 0.321 e. The van der Waals surface area contributed by atoms with Crippen LogP contribution >= 0.6 is 11.3 Å². The van der Waals surface area contributed by atoms with Crippen molar-refractivity contribution in [3.8, 4) is 0 Å². The average molecular weight is 363 g/mol. The summed E-state index contributed by atoms with van der Waals surface area (Å²) in [4.78, 5) is 26.4. The topological polar surface area (TPSA) is 87.2 Å². The van der Waals surface area contributed by atoms with Crippen LogP contribution in [0.5, 0.6) is 0 Å². The van der Waals surface area contributed by atoms with Crippen molar-refractivity contribution in [3.05, 3.63) is 5.01 Å². The molecule has 0 unspecified atom stereocenters. The van der Waals surface area contributed by atoms with Crippen molar-refractivity contribution in [1.29, 1.82) is 0 Å². The van der Waals surface area contributed by atoms with E-state index in [9.17, 15) is 9.59 Å². The number of anilines is 1. The van der Waals surface area contributed by atoms with Gasteiger partial charge in [-0.15, -0.1) is 10.2 Å². The van der Waals surface area contributed by atoms with E-state index in [1.807, 2.05) is 0 Å². The van der Waals surface area contributed by atoms with E-state index >= 15 is 0 Å². The zero-order valence-corrected chi connectivity index (χ0v) is 15.5. The number of carbonyl (C=O) groups is 2. The van der Waals surface area contributed by atoms with Gasteiger partial charge in [0.2, 0.25) is 11.0 Å². The average Bonchev–Trinajstić information content (AvgIpc) is 2.95. The standard InChI is InChI=1S/C17H25N5O2S/c1-2-3-6-12-20-21-15(25-12)18-14(24)19-16-9-17(10-16,11-16)22-8-5-4-7-13(22)23/h2-11H2,1H3,(H2,18,19,21,24). The molecule has 1 saturated heterocycles. The Hall–Kier alpha value is -1.70. The molecular formula is C17H25N5O2S. The Balaban J connectivity index is 1.26. The normalized spacial score (nSPS) is 30.4. The number of aromatic nitrogens is 2. The van der Waals surface area contributed by atoms with Gasteiger partial charge in [-0.2, -0.15) is 0 Å². The van der Waals surface area contributed by atoms with E-state index in [1.54, 1.807) is 0 Å². The second kappa shape index (κ2) is 6.23. The van der Waals surface area contributed by atoms with Crippen LogP contribution in [0.2, 0.25) is 0 Å². The van der Waals surface area contributed by atoms with Crippen molar-refractivity contribution in [1.82, 2.24) is 20.4 Å². The number of nitrogens with zero attached hydrogens (tertiary/aromatic N) is 3. The maximum atomic E-state index is 12.2. The molecule has 1 aliphatic heterocycles. The number of nitrogens with one attached hydrogen (secondary N) is 2. The summed E-state index contributed by atoms with van der Waals surface area (Å²) in [6, 6.07) is -0.212. The van der Waals surface area contributed by atoms with Crippen LogP contribution in [0.3, 0.4) is 0 Å². The molecule has 8 heteroatoms. The van der Waals surface area contributed by atoms with Gasteiger partial charge in [0, 0.05) is 30.5 Å². The number of piperidine rings is 1. The molecule has 25 heavy (non-hydrogen) atoms. The number of hydrogen-bond donors (Lipinski definition) is 2. The van der Waals surface area contributed by atoms with E-state index in [-0.39, 0.29) is 23.0 Å². The highest BCUT2D eigenvalue weighted by Crippen LogP contribution is 2.64. The summed E-state index contributed by atoms with van der Waals surface area (Å²) >= 11 is 1.44. The largest absolute Gasteiger partial charge is 0.337 e. The Bertz CT molecular complexity index is 669. The van der Waals surface area contributed by atoms with Gasteiger partial charge in [0.1, 0.15) is 5.01 Å². The molecule has 1 aromatic rings. The summed E-state index contributed by atoms with van der Waals surface area (Å²) in [5, 5.41) is 15.6. The van der Waals surface area contributed by atoms with Crippen LogP contribution in [0.15, 0.2) is 0 Å². The smallest absolute Gasteiger partial charge is 0.321 e. The molecule has 3 saturated carbocycles. The zero-order chi connectivity index (χ0) is 17.5. The monoisotopic (exact) mass is 363 g/mol. The molecule has 0 radical (unpaired) electrons. The van der Waals surface area contributed by atoms with Crippen LogP contribution in [0.1, 0.15) is 63.3 Å². The Morgan fingerprint density at radius 3 is 2.80 bits per heavy atom. The van der Waals surface area contributed by atoms with E-state index in [2.05, 4.69) is 32.7 Å². The minimum absolute atomic E-state index is 0.0286. The number of carbonyl (C=O) groups excluding carboxylic acids is 2. The van der Waals surface area contributed by atoms with E-state index in [1.165, 1.54) is 11.3 Å². The molecule has 2 N–H and O–H groups in total. The number of aryl methyl sites for hydroxylation is 1. The van der Waals surface area contributed by atoms with Gasteiger partial charge < -0.3 is 10.2 Å². The molecule has 136 valence electrons. The minimum atomic E-state index is -0.212. The fourth-order valence-electron chi connectivity index (χ4n) is 4.56. The molecule has 1 aromatic heterocycles. The van der Waals surface area contributed by atoms with Gasteiger partial charge >= 0.3 is 6.03 Å². The molecule has 2 bridgehead atoms. The fraction of sp³-hybridized carbons (Fsp3) is 0.765. The van der Waals surface area contributed by atoms with E-state index < -0.39 is 0 Å². The Morgan fingerprint density at radius 1 is 1.28 bits per heavy atom. The summed E-state index contributed by atoms with van der Waals surface area (Å²) in [6.45, 7) is 3.02. The lowest BCUT2D eigenvalue weighted by atomic mass is 9.43. The quantitative estimate of drug-likeness (QED) is 0.813. The van der Waals surface area contributed by atoms with Crippen molar-refractivity contribution in [2.24, 2.45) is 0 Å². The summed E-state index contributed by atoms with van der Waals surface area (Å²) in [5.41, 5.74) is -0.0988. The van der Waals surface area contributed by atoms with Crippen molar-refractivity contribution >= 4 is 28.4 Å². The van der Waals surface area contributed by atoms with Crippen LogP contribution < -0.4 is 10.6 Å². The van der Waals surface area contributed by atoms with Crippen LogP contribution in [0.25, 0.3) is 0 Å². The second-order valence-electron chi connectivity index (χ2n) is 7.72. The molecule has 3 amide bonds. The lowest BCUT2D eigenvalue weighted by molar-refractivity contribution is -0.189. The van der Waals surface area contributed by atoms with Crippen LogP contribution in [-0.4, -0.2) is 44.7 Å². The number of likely N-dealkylation sites (tertiary alicyclic amines) is 1. The number of unbranched alkanes of at least 4 members (excludes halogenated alkanes) is 1. The predicted octanol–water partition coefficient (Wildman–Crippen LogP) is 2.69. The highest BCUT2D eigenvalue weighted by atomic mass is 32.1. The number of rotatable bonds is 6. The first-order chi connectivity index (χ1) is 12.0. The minimum Gasteiger partial charge on any atom is -0.337 e. The molecular weight excluding hydrogens is 338 g/mol. The molecule has 7 nitrogen and oxygen atoms in total. The molecule has 0 aromatic carbocycles. The van der Waals surface area contributed by atoms with Gasteiger partial charge in [-0.3, -0.25) is 10.1 Å².